The zero-order valence-corrected chi connectivity index (χ0v) is 13.9. The van der Waals surface area contributed by atoms with E-state index >= 15 is 0 Å². The van der Waals surface area contributed by atoms with Crippen molar-refractivity contribution in [1.29, 1.82) is 0 Å². The molecular formula is C12H13Br3O. The minimum absolute atomic E-state index is 0.661. The molecule has 1 rings (SSSR count). The second-order valence-corrected chi connectivity index (χ2v) is 5.69. The van der Waals surface area contributed by atoms with Gasteiger partial charge in [0.1, 0.15) is 5.75 Å². The fraction of sp³-hybridized carbons (Fsp3) is 0.333. The Hall–Kier alpha value is 0.200. The zero-order valence-electron chi connectivity index (χ0n) is 9.19. The molecule has 16 heavy (non-hydrogen) atoms. The number of rotatable bonds is 4. The topological polar surface area (TPSA) is 9.23 Å². The van der Waals surface area contributed by atoms with Crippen LogP contribution >= 0.6 is 47.8 Å². The van der Waals surface area contributed by atoms with E-state index in [-0.39, 0.29) is 0 Å². The van der Waals surface area contributed by atoms with Gasteiger partial charge >= 0.3 is 0 Å². The van der Waals surface area contributed by atoms with Crippen LogP contribution in [0, 0.1) is 0 Å². The molecule has 4 heteroatoms. The van der Waals surface area contributed by atoms with Crippen molar-refractivity contribution in [2.45, 2.75) is 13.8 Å². The predicted molar refractivity (Wildman–Crippen MR) is 80.5 cm³/mol. The van der Waals surface area contributed by atoms with Gasteiger partial charge in [-0.3, -0.25) is 0 Å². The Morgan fingerprint density at radius 3 is 2.62 bits per heavy atom. The largest absolute Gasteiger partial charge is 0.492 e. The van der Waals surface area contributed by atoms with Crippen molar-refractivity contribution in [3.63, 3.8) is 0 Å². The normalized spacial score (nSPS) is 11.7. The van der Waals surface area contributed by atoms with Gasteiger partial charge in [0.2, 0.25) is 0 Å². The van der Waals surface area contributed by atoms with Crippen molar-refractivity contribution in [2.75, 3.05) is 11.9 Å². The Bertz CT molecular complexity index is 399. The quantitative estimate of drug-likeness (QED) is 0.601. The summed E-state index contributed by atoms with van der Waals surface area (Å²) in [6, 6.07) is 4.05. The molecule has 0 saturated carbocycles. The van der Waals surface area contributed by atoms with E-state index in [0.717, 1.165) is 25.6 Å². The molecule has 0 aliphatic heterocycles. The van der Waals surface area contributed by atoms with E-state index in [9.17, 15) is 0 Å². The van der Waals surface area contributed by atoms with Crippen LogP contribution in [0.2, 0.25) is 0 Å². The molecule has 1 aromatic carbocycles. The summed E-state index contributed by atoms with van der Waals surface area (Å²) in [4.78, 5) is 0. The molecule has 0 N–H and O–H groups in total. The number of ether oxygens (including phenoxy) is 1. The van der Waals surface area contributed by atoms with Crippen LogP contribution in [0.1, 0.15) is 19.4 Å². The summed E-state index contributed by atoms with van der Waals surface area (Å²) in [6.07, 6.45) is 2.12. The van der Waals surface area contributed by atoms with E-state index in [1.807, 2.05) is 13.0 Å². The monoisotopic (exact) mass is 410 g/mol. The molecule has 0 bridgehead atoms. The highest BCUT2D eigenvalue weighted by molar-refractivity contribution is 9.11. The van der Waals surface area contributed by atoms with Crippen LogP contribution in [-0.4, -0.2) is 11.9 Å². The number of halogens is 3. The maximum atomic E-state index is 5.64. The van der Waals surface area contributed by atoms with Gasteiger partial charge in [0.25, 0.3) is 0 Å². The molecule has 0 heterocycles. The van der Waals surface area contributed by atoms with E-state index in [2.05, 4.69) is 66.9 Å². The minimum Gasteiger partial charge on any atom is -0.492 e. The van der Waals surface area contributed by atoms with Gasteiger partial charge in [-0.1, -0.05) is 43.5 Å². The van der Waals surface area contributed by atoms with Crippen molar-refractivity contribution in [1.82, 2.24) is 0 Å². The number of alkyl halides is 1. The summed E-state index contributed by atoms with van der Waals surface area (Å²) in [5.74, 6) is 0.894. The highest BCUT2D eigenvalue weighted by Gasteiger charge is 2.08. The first-order valence-electron chi connectivity index (χ1n) is 4.93. The molecule has 1 nitrogen and oxygen atoms in total. The Morgan fingerprint density at radius 1 is 1.38 bits per heavy atom. The SMILES string of the molecule is CCOc1c(Br)cc(Br)cc1C=C(C)CBr. The van der Waals surface area contributed by atoms with Crippen LogP contribution in [0.15, 0.2) is 26.7 Å². The Balaban J connectivity index is 3.23. The third kappa shape index (κ3) is 3.90. The average molecular weight is 413 g/mol. The summed E-state index contributed by atoms with van der Waals surface area (Å²) < 4.78 is 7.65. The van der Waals surface area contributed by atoms with Gasteiger partial charge in [-0.05, 0) is 41.9 Å². The van der Waals surface area contributed by atoms with Gasteiger partial charge in [0.05, 0.1) is 11.1 Å². The average Bonchev–Trinajstić information content (AvgIpc) is 2.23. The highest BCUT2D eigenvalue weighted by atomic mass is 79.9. The zero-order chi connectivity index (χ0) is 12.1. The van der Waals surface area contributed by atoms with E-state index in [0.29, 0.717) is 6.61 Å². The van der Waals surface area contributed by atoms with E-state index in [1.165, 1.54) is 5.57 Å². The lowest BCUT2D eigenvalue weighted by Crippen LogP contribution is -1.95. The summed E-state index contributed by atoms with van der Waals surface area (Å²) in [5.41, 5.74) is 2.34. The Labute approximate surface area is 122 Å². The minimum atomic E-state index is 0.661. The Morgan fingerprint density at radius 2 is 2.06 bits per heavy atom. The lowest BCUT2D eigenvalue weighted by Gasteiger charge is -2.11. The fourth-order valence-electron chi connectivity index (χ4n) is 1.29. The van der Waals surface area contributed by atoms with E-state index in [4.69, 9.17) is 4.74 Å². The molecule has 0 aliphatic carbocycles. The molecule has 0 radical (unpaired) electrons. The smallest absolute Gasteiger partial charge is 0.140 e. The van der Waals surface area contributed by atoms with Gasteiger partial charge in [-0.2, -0.15) is 0 Å². The predicted octanol–water partition coefficient (Wildman–Crippen LogP) is 5.41. The van der Waals surface area contributed by atoms with Gasteiger partial charge in [-0.15, -0.1) is 0 Å². The first-order valence-corrected chi connectivity index (χ1v) is 7.64. The van der Waals surface area contributed by atoms with Crippen LogP contribution in [0.4, 0.5) is 0 Å². The second-order valence-electron chi connectivity index (χ2n) is 3.36. The maximum absolute atomic E-state index is 5.64. The van der Waals surface area contributed by atoms with Gasteiger partial charge in [-0.25, -0.2) is 0 Å². The lowest BCUT2D eigenvalue weighted by molar-refractivity contribution is 0.337. The van der Waals surface area contributed by atoms with Crippen molar-refractivity contribution in [2.24, 2.45) is 0 Å². The van der Waals surface area contributed by atoms with Crippen LogP contribution in [0.5, 0.6) is 5.75 Å². The first-order chi connectivity index (χ1) is 7.58. The number of allylic oxidation sites excluding steroid dienone is 1. The van der Waals surface area contributed by atoms with Crippen LogP contribution in [-0.2, 0) is 0 Å². The van der Waals surface area contributed by atoms with Crippen molar-refractivity contribution in [3.05, 3.63) is 32.2 Å². The molecule has 88 valence electrons. The highest BCUT2D eigenvalue weighted by Crippen LogP contribution is 2.34. The summed E-state index contributed by atoms with van der Waals surface area (Å²) in [6.45, 7) is 4.73. The molecule has 0 atom stereocenters. The molecule has 0 aliphatic rings. The lowest BCUT2D eigenvalue weighted by atomic mass is 10.1. The first kappa shape index (κ1) is 14.3. The second kappa shape index (κ2) is 6.82. The van der Waals surface area contributed by atoms with Crippen LogP contribution in [0.3, 0.4) is 0 Å². The Kier molecular flexibility index (Phi) is 6.08. The maximum Gasteiger partial charge on any atom is 0.140 e. The number of benzene rings is 1. The van der Waals surface area contributed by atoms with Gasteiger partial charge in [0.15, 0.2) is 0 Å². The summed E-state index contributed by atoms with van der Waals surface area (Å²) in [7, 11) is 0. The summed E-state index contributed by atoms with van der Waals surface area (Å²) >= 11 is 10.4. The van der Waals surface area contributed by atoms with Crippen molar-refractivity contribution in [3.8, 4) is 5.75 Å². The van der Waals surface area contributed by atoms with Crippen molar-refractivity contribution >= 4 is 53.9 Å². The number of hydrogen-bond acceptors (Lipinski definition) is 1. The standard InChI is InChI=1S/C12H13Br3O/c1-3-16-12-9(4-8(2)7-13)5-10(14)6-11(12)15/h4-6H,3,7H2,1-2H3. The molecule has 1 aromatic rings. The van der Waals surface area contributed by atoms with Crippen LogP contribution < -0.4 is 4.74 Å². The van der Waals surface area contributed by atoms with Gasteiger partial charge < -0.3 is 4.74 Å². The third-order valence-electron chi connectivity index (χ3n) is 1.94. The molecule has 0 saturated heterocycles. The summed E-state index contributed by atoms with van der Waals surface area (Å²) in [5, 5.41) is 0.864. The van der Waals surface area contributed by atoms with E-state index in [1.54, 1.807) is 0 Å². The van der Waals surface area contributed by atoms with Crippen LogP contribution in [0.25, 0.3) is 6.08 Å². The third-order valence-corrected chi connectivity index (χ3v) is 3.87. The molecule has 0 fully saturated rings. The number of hydrogen-bond donors (Lipinski definition) is 0. The van der Waals surface area contributed by atoms with Crippen molar-refractivity contribution < 1.29 is 4.74 Å². The molecule has 0 amide bonds. The molecule has 0 aromatic heterocycles. The van der Waals surface area contributed by atoms with Gasteiger partial charge in [0, 0.05) is 15.4 Å². The fourth-order valence-corrected chi connectivity index (χ4v) is 2.82. The molecule has 0 spiro atoms. The molecular weight excluding hydrogens is 400 g/mol. The molecule has 0 unspecified atom stereocenters. The van der Waals surface area contributed by atoms with E-state index < -0.39 is 0 Å².